The molecule has 3 rings (SSSR count). The molecule has 3 heteroatoms. The fraction of sp³-hybridized carbons (Fsp3) is 0.0556. The fourth-order valence-corrected chi connectivity index (χ4v) is 2.38. The van der Waals surface area contributed by atoms with Crippen LogP contribution in [0.2, 0.25) is 0 Å². The Balaban J connectivity index is 1.88. The first kappa shape index (κ1) is 13.4. The topological polar surface area (TPSA) is 23.9 Å². The predicted octanol–water partition coefficient (Wildman–Crippen LogP) is 4.73. The van der Waals surface area contributed by atoms with E-state index >= 15 is 0 Å². The van der Waals surface area contributed by atoms with Gasteiger partial charge in [-0.1, -0.05) is 42.5 Å². The summed E-state index contributed by atoms with van der Waals surface area (Å²) in [5, 5.41) is 10.3. The van der Waals surface area contributed by atoms with Crippen molar-refractivity contribution in [3.8, 4) is 0 Å². The minimum atomic E-state index is -0.659. The predicted molar refractivity (Wildman–Crippen MR) is 80.8 cm³/mol. The summed E-state index contributed by atoms with van der Waals surface area (Å²) in [4.78, 5) is 0. The van der Waals surface area contributed by atoms with Gasteiger partial charge in [-0.2, -0.15) is 0 Å². The van der Waals surface area contributed by atoms with Crippen LogP contribution >= 0.6 is 0 Å². The molecule has 1 nitrogen and oxygen atoms in total. The third kappa shape index (κ3) is 2.97. The normalized spacial score (nSPS) is 10.8. The van der Waals surface area contributed by atoms with Crippen LogP contribution in [0.3, 0.4) is 0 Å². The van der Waals surface area contributed by atoms with Gasteiger partial charge in [-0.25, -0.2) is 8.78 Å². The summed E-state index contributed by atoms with van der Waals surface area (Å²) < 4.78 is 26.4. The molecular weight excluding hydrogens is 268 g/mol. The Hall–Kier alpha value is -2.55. The third-order valence-corrected chi connectivity index (χ3v) is 3.41. The third-order valence-electron chi connectivity index (χ3n) is 3.41. The molecule has 0 saturated carbocycles. The Morgan fingerprint density at radius 3 is 2.19 bits per heavy atom. The highest BCUT2D eigenvalue weighted by Gasteiger charge is 2.07. The zero-order valence-corrected chi connectivity index (χ0v) is 11.2. The van der Waals surface area contributed by atoms with Gasteiger partial charge in [-0.05, 0) is 28.5 Å². The highest BCUT2D eigenvalue weighted by molar-refractivity contribution is 6.00. The van der Waals surface area contributed by atoms with Gasteiger partial charge < -0.3 is 5.41 Å². The highest BCUT2D eigenvalue weighted by Crippen LogP contribution is 2.17. The van der Waals surface area contributed by atoms with E-state index in [2.05, 4.69) is 0 Å². The lowest BCUT2D eigenvalue weighted by atomic mass is 9.99. The monoisotopic (exact) mass is 281 g/mol. The van der Waals surface area contributed by atoms with Crippen LogP contribution in [-0.4, -0.2) is 5.71 Å². The maximum atomic E-state index is 13.2. The van der Waals surface area contributed by atoms with Gasteiger partial charge >= 0.3 is 0 Å². The first-order valence-electron chi connectivity index (χ1n) is 6.63. The second kappa shape index (κ2) is 5.44. The summed E-state index contributed by atoms with van der Waals surface area (Å²) in [7, 11) is 0. The molecule has 0 fully saturated rings. The van der Waals surface area contributed by atoms with E-state index in [1.54, 1.807) is 0 Å². The molecule has 0 aliphatic carbocycles. The van der Waals surface area contributed by atoms with E-state index in [-0.39, 0.29) is 11.3 Å². The van der Waals surface area contributed by atoms with Gasteiger partial charge in [0.15, 0.2) is 0 Å². The van der Waals surface area contributed by atoms with Crippen LogP contribution in [0, 0.1) is 17.0 Å². The lowest BCUT2D eigenvalue weighted by Gasteiger charge is -2.07. The van der Waals surface area contributed by atoms with Crippen molar-refractivity contribution in [2.75, 3.05) is 0 Å². The average Bonchev–Trinajstić information content (AvgIpc) is 2.46. The largest absolute Gasteiger partial charge is 0.304 e. The van der Waals surface area contributed by atoms with Crippen LogP contribution in [0.5, 0.6) is 0 Å². The van der Waals surface area contributed by atoms with E-state index in [1.165, 1.54) is 12.1 Å². The lowest BCUT2D eigenvalue weighted by Crippen LogP contribution is -2.04. The summed E-state index contributed by atoms with van der Waals surface area (Å²) in [6.45, 7) is 0. The van der Waals surface area contributed by atoms with Crippen molar-refractivity contribution >= 4 is 16.5 Å². The Bertz CT molecular complexity index is 804. The molecule has 3 aromatic rings. The Morgan fingerprint density at radius 2 is 1.48 bits per heavy atom. The molecule has 104 valence electrons. The van der Waals surface area contributed by atoms with Crippen LogP contribution < -0.4 is 0 Å². The standard InChI is InChI=1S/C18H13F2N/c19-16-9-15(10-17(20)11-16)18(21)8-12-5-6-13-3-1-2-4-14(13)7-12/h1-7,9-11,21H,8H2. The average molecular weight is 281 g/mol. The van der Waals surface area contributed by atoms with Gasteiger partial charge in [-0.3, -0.25) is 0 Å². The number of hydrogen-bond donors (Lipinski definition) is 1. The number of rotatable bonds is 3. The molecule has 0 aromatic heterocycles. The maximum Gasteiger partial charge on any atom is 0.126 e. The number of nitrogens with one attached hydrogen (secondary N) is 1. The summed E-state index contributed by atoms with van der Waals surface area (Å²) in [5.74, 6) is -1.32. The molecule has 1 N–H and O–H groups in total. The molecule has 0 radical (unpaired) electrons. The highest BCUT2D eigenvalue weighted by atomic mass is 19.1. The van der Waals surface area contributed by atoms with E-state index in [0.29, 0.717) is 6.42 Å². The van der Waals surface area contributed by atoms with Crippen molar-refractivity contribution in [2.45, 2.75) is 6.42 Å². The lowest BCUT2D eigenvalue weighted by molar-refractivity contribution is 0.582. The van der Waals surface area contributed by atoms with Crippen LogP contribution in [0.1, 0.15) is 11.1 Å². The van der Waals surface area contributed by atoms with E-state index in [0.717, 1.165) is 22.4 Å². The van der Waals surface area contributed by atoms with Crippen LogP contribution in [0.4, 0.5) is 8.78 Å². The van der Waals surface area contributed by atoms with Crippen LogP contribution in [0.15, 0.2) is 60.7 Å². The zero-order valence-electron chi connectivity index (χ0n) is 11.2. The molecule has 0 aliphatic rings. The molecular formula is C18H13F2N. The summed E-state index contributed by atoms with van der Waals surface area (Å²) in [5.41, 5.74) is 1.42. The second-order valence-electron chi connectivity index (χ2n) is 4.99. The molecule has 0 amide bonds. The Kier molecular flexibility index (Phi) is 3.48. The van der Waals surface area contributed by atoms with E-state index in [1.807, 2.05) is 42.5 Å². The van der Waals surface area contributed by atoms with Gasteiger partial charge in [-0.15, -0.1) is 0 Å². The van der Waals surface area contributed by atoms with Crippen LogP contribution in [-0.2, 0) is 6.42 Å². The summed E-state index contributed by atoms with van der Waals surface area (Å²) in [6.07, 6.45) is 0.341. The van der Waals surface area contributed by atoms with Crippen molar-refractivity contribution in [1.82, 2.24) is 0 Å². The van der Waals surface area contributed by atoms with Crippen molar-refractivity contribution in [2.24, 2.45) is 0 Å². The van der Waals surface area contributed by atoms with E-state index in [4.69, 9.17) is 5.41 Å². The molecule has 3 aromatic carbocycles. The number of fused-ring (bicyclic) bond motifs is 1. The minimum Gasteiger partial charge on any atom is -0.304 e. The fourth-order valence-electron chi connectivity index (χ4n) is 2.38. The van der Waals surface area contributed by atoms with Crippen LogP contribution in [0.25, 0.3) is 10.8 Å². The van der Waals surface area contributed by atoms with Crippen molar-refractivity contribution in [3.63, 3.8) is 0 Å². The zero-order chi connectivity index (χ0) is 14.8. The number of benzene rings is 3. The molecule has 0 spiro atoms. The van der Waals surface area contributed by atoms with Gasteiger partial charge in [0, 0.05) is 23.8 Å². The van der Waals surface area contributed by atoms with Crippen molar-refractivity contribution in [3.05, 3.63) is 83.4 Å². The summed E-state index contributed by atoms with van der Waals surface area (Å²) >= 11 is 0. The van der Waals surface area contributed by atoms with E-state index < -0.39 is 11.6 Å². The molecule has 0 heterocycles. The molecule has 0 atom stereocenters. The van der Waals surface area contributed by atoms with Crippen molar-refractivity contribution in [1.29, 1.82) is 5.41 Å². The molecule has 0 saturated heterocycles. The van der Waals surface area contributed by atoms with Gasteiger partial charge in [0.25, 0.3) is 0 Å². The van der Waals surface area contributed by atoms with Crippen molar-refractivity contribution < 1.29 is 8.78 Å². The van der Waals surface area contributed by atoms with Gasteiger partial charge in [0.05, 0.1) is 0 Å². The first-order chi connectivity index (χ1) is 10.1. The number of halogens is 2. The maximum absolute atomic E-state index is 13.2. The second-order valence-corrected chi connectivity index (χ2v) is 4.99. The Morgan fingerprint density at radius 1 is 0.810 bits per heavy atom. The van der Waals surface area contributed by atoms with Gasteiger partial charge in [0.2, 0.25) is 0 Å². The smallest absolute Gasteiger partial charge is 0.126 e. The van der Waals surface area contributed by atoms with Gasteiger partial charge in [0.1, 0.15) is 11.6 Å². The molecule has 21 heavy (non-hydrogen) atoms. The Labute approximate surface area is 121 Å². The summed E-state index contributed by atoms with van der Waals surface area (Å²) in [6, 6.07) is 17.1. The first-order valence-corrected chi connectivity index (χ1v) is 6.63. The molecule has 0 aliphatic heterocycles. The van der Waals surface area contributed by atoms with E-state index in [9.17, 15) is 8.78 Å². The molecule has 0 unspecified atom stereocenters. The quantitative estimate of drug-likeness (QED) is 0.671. The SMILES string of the molecule is N=C(Cc1ccc2ccccc2c1)c1cc(F)cc(F)c1. The number of hydrogen-bond acceptors (Lipinski definition) is 1. The molecule has 0 bridgehead atoms. The minimum absolute atomic E-state index is 0.198.